The van der Waals surface area contributed by atoms with Crippen LogP contribution in [0.1, 0.15) is 56.2 Å². The number of thiophene rings is 1. The van der Waals surface area contributed by atoms with Crippen LogP contribution in [0.3, 0.4) is 0 Å². The molecular weight excluding hydrogens is 685 g/mol. The number of aromatic nitrogens is 1. The molecule has 258 valence electrons. The first kappa shape index (κ1) is 35.2. The minimum Gasteiger partial charge on any atom is -0.493 e. The molecule has 0 amide bonds. The largest absolute Gasteiger partial charge is 0.493 e. The number of methoxy groups -OCH3 is 2. The Balaban J connectivity index is 1.14. The van der Waals surface area contributed by atoms with E-state index in [2.05, 4.69) is 15.2 Å². The van der Waals surface area contributed by atoms with Crippen LogP contribution in [0, 0.1) is 11.8 Å². The van der Waals surface area contributed by atoms with Gasteiger partial charge in [-0.3, -0.25) is 10.3 Å². The number of benzene rings is 2. The smallest absolute Gasteiger partial charge is 0.348 e. The van der Waals surface area contributed by atoms with Crippen molar-refractivity contribution in [2.45, 2.75) is 38.0 Å². The molecule has 12 heteroatoms. The van der Waals surface area contributed by atoms with E-state index >= 15 is 0 Å². The fraction of sp³-hybridized carbons (Fsp3) is 0.378. The maximum absolute atomic E-state index is 13.6. The number of rotatable bonds is 14. The van der Waals surface area contributed by atoms with Crippen LogP contribution in [-0.2, 0) is 27.2 Å². The number of carbonyl (C=O) groups excluding carboxylic acids is 2. The first-order valence-electron chi connectivity index (χ1n) is 16.3. The highest BCUT2D eigenvalue weighted by Gasteiger charge is 2.35. The van der Waals surface area contributed by atoms with Crippen molar-refractivity contribution < 1.29 is 28.5 Å². The summed E-state index contributed by atoms with van der Waals surface area (Å²) in [6, 6.07) is 17.8. The zero-order valence-corrected chi connectivity index (χ0v) is 29.7. The van der Waals surface area contributed by atoms with E-state index in [0.717, 1.165) is 30.1 Å². The SMILES string of the molecule is COc1ccc([C@H](Cc2c(Cl)cncc2Cl)OC(=O)c2ccc(CNC(C(=O)OC[C@H]3CN4CCC3CC4)c3ccccc3)s2)cc1OC. The summed E-state index contributed by atoms with van der Waals surface area (Å²) in [5.74, 6) is 1.23. The minimum absolute atomic E-state index is 0.210. The van der Waals surface area contributed by atoms with Crippen LogP contribution in [0.4, 0.5) is 0 Å². The number of nitrogens with zero attached hydrogens (tertiary/aromatic N) is 2. The summed E-state index contributed by atoms with van der Waals surface area (Å²) in [4.78, 5) is 34.8. The maximum Gasteiger partial charge on any atom is 0.348 e. The number of esters is 2. The molecule has 49 heavy (non-hydrogen) atoms. The van der Waals surface area contributed by atoms with Gasteiger partial charge in [-0.25, -0.2) is 9.59 Å². The second-order valence-corrected chi connectivity index (χ2v) is 14.3. The molecule has 1 N–H and O–H groups in total. The molecule has 3 fully saturated rings. The van der Waals surface area contributed by atoms with Gasteiger partial charge in [0.2, 0.25) is 0 Å². The molecule has 3 atom stereocenters. The topological polar surface area (TPSA) is 99.2 Å². The molecule has 5 heterocycles. The number of nitrogens with one attached hydrogen (secondary N) is 1. The number of hydrogen-bond donors (Lipinski definition) is 1. The Morgan fingerprint density at radius 1 is 0.959 bits per heavy atom. The van der Waals surface area contributed by atoms with Gasteiger partial charge in [-0.1, -0.05) is 59.6 Å². The van der Waals surface area contributed by atoms with Gasteiger partial charge in [-0.2, -0.15) is 0 Å². The summed E-state index contributed by atoms with van der Waals surface area (Å²) in [7, 11) is 3.10. The number of halogens is 2. The van der Waals surface area contributed by atoms with Gasteiger partial charge in [0.1, 0.15) is 17.0 Å². The van der Waals surface area contributed by atoms with Crippen molar-refractivity contribution in [1.82, 2.24) is 15.2 Å². The third kappa shape index (κ3) is 8.56. The summed E-state index contributed by atoms with van der Waals surface area (Å²) in [5, 5.41) is 4.11. The first-order chi connectivity index (χ1) is 23.8. The average Bonchev–Trinajstić information content (AvgIpc) is 3.62. The summed E-state index contributed by atoms with van der Waals surface area (Å²) in [5.41, 5.74) is 2.11. The Labute approximate surface area is 300 Å². The number of hydrogen-bond acceptors (Lipinski definition) is 10. The molecule has 2 aromatic carbocycles. The normalized spacial score (nSPS) is 19.6. The van der Waals surface area contributed by atoms with Crippen LogP contribution >= 0.6 is 34.5 Å². The number of carbonyl (C=O) groups is 2. The molecular formula is C37H39Cl2N3O6S. The Morgan fingerprint density at radius 3 is 2.37 bits per heavy atom. The second-order valence-electron chi connectivity index (χ2n) is 12.3. The zero-order valence-electron chi connectivity index (χ0n) is 27.4. The van der Waals surface area contributed by atoms with Crippen molar-refractivity contribution >= 4 is 46.5 Å². The summed E-state index contributed by atoms with van der Waals surface area (Å²) in [6.07, 6.45) is 4.82. The van der Waals surface area contributed by atoms with Gasteiger partial charge < -0.3 is 23.8 Å². The van der Waals surface area contributed by atoms with Crippen molar-refractivity contribution in [3.05, 3.63) is 110 Å². The molecule has 0 radical (unpaired) electrons. The van der Waals surface area contributed by atoms with Crippen molar-refractivity contribution in [3.8, 4) is 11.5 Å². The number of fused-ring (bicyclic) bond motifs is 3. The Hall–Kier alpha value is -3.67. The highest BCUT2D eigenvalue weighted by atomic mass is 35.5. The lowest BCUT2D eigenvalue weighted by molar-refractivity contribution is -0.150. The summed E-state index contributed by atoms with van der Waals surface area (Å²) < 4.78 is 22.9. The average molecular weight is 725 g/mol. The molecule has 3 aliphatic rings. The molecule has 1 unspecified atom stereocenters. The maximum atomic E-state index is 13.6. The molecule has 2 bridgehead atoms. The molecule has 9 nitrogen and oxygen atoms in total. The molecule has 7 rings (SSSR count). The quantitative estimate of drug-likeness (QED) is 0.134. The van der Waals surface area contributed by atoms with E-state index in [0.29, 0.717) is 62.5 Å². The van der Waals surface area contributed by atoms with Crippen LogP contribution in [0.15, 0.2) is 73.1 Å². The Kier molecular flexibility index (Phi) is 11.7. The highest BCUT2D eigenvalue weighted by Crippen LogP contribution is 2.36. The molecule has 3 aliphatic heterocycles. The van der Waals surface area contributed by atoms with E-state index < -0.39 is 18.1 Å². The van der Waals surface area contributed by atoms with E-state index in [1.54, 1.807) is 32.4 Å². The van der Waals surface area contributed by atoms with Crippen LogP contribution in [0.5, 0.6) is 11.5 Å². The lowest BCUT2D eigenvalue weighted by Crippen LogP contribution is -2.49. The van der Waals surface area contributed by atoms with E-state index in [-0.39, 0.29) is 12.4 Å². The summed E-state index contributed by atoms with van der Waals surface area (Å²) >= 11 is 14.2. The van der Waals surface area contributed by atoms with Crippen molar-refractivity contribution in [1.29, 1.82) is 0 Å². The van der Waals surface area contributed by atoms with Crippen LogP contribution in [0.2, 0.25) is 10.0 Å². The number of piperidine rings is 3. The van der Waals surface area contributed by atoms with Gasteiger partial charge >= 0.3 is 11.9 Å². The fourth-order valence-corrected chi connectivity index (χ4v) is 7.96. The van der Waals surface area contributed by atoms with E-state index in [9.17, 15) is 9.59 Å². The van der Waals surface area contributed by atoms with Crippen LogP contribution in [-0.4, -0.2) is 62.3 Å². The van der Waals surface area contributed by atoms with Gasteiger partial charge in [0, 0.05) is 42.7 Å². The lowest BCUT2D eigenvalue weighted by atomic mass is 9.79. The second kappa shape index (κ2) is 16.4. The van der Waals surface area contributed by atoms with Crippen LogP contribution in [0.25, 0.3) is 0 Å². The predicted molar refractivity (Wildman–Crippen MR) is 190 cm³/mol. The molecule has 2 aromatic heterocycles. The fourth-order valence-electron chi connectivity index (χ4n) is 6.60. The number of pyridine rings is 1. The minimum atomic E-state index is -0.748. The molecule has 0 spiro atoms. The Morgan fingerprint density at radius 2 is 1.69 bits per heavy atom. The van der Waals surface area contributed by atoms with Gasteiger partial charge in [-0.05, 0) is 72.8 Å². The van der Waals surface area contributed by atoms with Crippen molar-refractivity contribution in [3.63, 3.8) is 0 Å². The van der Waals surface area contributed by atoms with Gasteiger partial charge in [0.25, 0.3) is 0 Å². The standard InChI is InChI=1S/C37H39Cl2N3O6S/c1-45-31-10-8-25(16-33(31)46-2)32(17-28-29(38)19-40-20-30(28)39)48-36(43)34-11-9-27(49-34)18-41-35(24-6-4-3-5-7-24)37(44)47-22-26-21-42-14-12-23(26)13-15-42/h3-11,16,19-20,23,26,32,35,41H,12-15,17-18,21-22H2,1-2H3/t26-,32+,35?/m1/s1. The lowest BCUT2D eigenvalue weighted by Gasteiger charge is -2.44. The monoisotopic (exact) mass is 723 g/mol. The van der Waals surface area contributed by atoms with Crippen molar-refractivity contribution in [2.24, 2.45) is 11.8 Å². The van der Waals surface area contributed by atoms with E-state index in [1.807, 2.05) is 42.5 Å². The third-order valence-corrected chi connectivity index (χ3v) is 11.0. The molecule has 4 aromatic rings. The highest BCUT2D eigenvalue weighted by molar-refractivity contribution is 7.13. The van der Waals surface area contributed by atoms with Gasteiger partial charge in [-0.15, -0.1) is 11.3 Å². The van der Waals surface area contributed by atoms with Crippen LogP contribution < -0.4 is 14.8 Å². The number of ether oxygens (including phenoxy) is 4. The van der Waals surface area contributed by atoms with Gasteiger partial charge in [0.05, 0.1) is 30.9 Å². The third-order valence-electron chi connectivity index (χ3n) is 9.31. The van der Waals surface area contributed by atoms with Crippen molar-refractivity contribution in [2.75, 3.05) is 40.5 Å². The summed E-state index contributed by atoms with van der Waals surface area (Å²) in [6.45, 7) is 4.06. The predicted octanol–water partition coefficient (Wildman–Crippen LogP) is 7.32. The van der Waals surface area contributed by atoms with Gasteiger partial charge in [0.15, 0.2) is 11.5 Å². The molecule has 0 saturated carbocycles. The Bertz CT molecular complexity index is 1730. The molecule has 0 aliphatic carbocycles. The zero-order chi connectivity index (χ0) is 34.3. The van der Waals surface area contributed by atoms with E-state index in [4.69, 9.17) is 42.1 Å². The molecule has 3 saturated heterocycles. The first-order valence-corrected chi connectivity index (χ1v) is 17.9. The van der Waals surface area contributed by atoms with E-state index in [1.165, 1.54) is 36.6 Å².